The standard InChI is InChI=1S/C8H4Br2F5N/c9-2-5-6(10)3(8(13,14)15)1-4(16-5)7(11)12/h1,7H,2H2. The Bertz CT molecular complexity index is 391. The van der Waals surface area contributed by atoms with Gasteiger partial charge < -0.3 is 0 Å². The molecule has 0 aliphatic rings. The summed E-state index contributed by atoms with van der Waals surface area (Å²) in [5.74, 6) is 0. The summed E-state index contributed by atoms with van der Waals surface area (Å²) in [5.41, 5.74) is -2.14. The second-order valence-corrected chi connectivity index (χ2v) is 4.14. The van der Waals surface area contributed by atoms with Crippen molar-refractivity contribution in [1.29, 1.82) is 0 Å². The lowest BCUT2D eigenvalue weighted by Gasteiger charge is -2.13. The Balaban J connectivity index is 3.42. The number of nitrogens with zero attached hydrogens (tertiary/aromatic N) is 1. The van der Waals surface area contributed by atoms with Crippen LogP contribution in [0, 0.1) is 0 Å². The Kier molecular flexibility index (Phi) is 4.28. The van der Waals surface area contributed by atoms with Crippen LogP contribution in [0.15, 0.2) is 10.5 Å². The average Bonchev–Trinajstić information content (AvgIpc) is 2.15. The summed E-state index contributed by atoms with van der Waals surface area (Å²) in [4.78, 5) is 3.42. The van der Waals surface area contributed by atoms with E-state index in [0.717, 1.165) is 0 Å². The fourth-order valence-electron chi connectivity index (χ4n) is 1.01. The lowest BCUT2D eigenvalue weighted by molar-refractivity contribution is -0.138. The molecule has 0 saturated heterocycles. The molecule has 0 radical (unpaired) electrons. The highest BCUT2D eigenvalue weighted by atomic mass is 79.9. The molecule has 1 nitrogen and oxygen atoms in total. The van der Waals surface area contributed by atoms with Crippen molar-refractivity contribution in [2.75, 3.05) is 0 Å². The van der Waals surface area contributed by atoms with Gasteiger partial charge in [0.15, 0.2) is 0 Å². The summed E-state index contributed by atoms with van der Waals surface area (Å²) < 4.78 is 61.8. The van der Waals surface area contributed by atoms with Crippen molar-refractivity contribution in [2.24, 2.45) is 0 Å². The fourth-order valence-corrected chi connectivity index (χ4v) is 2.36. The molecule has 0 aliphatic carbocycles. The molecule has 1 aromatic heterocycles. The highest BCUT2D eigenvalue weighted by molar-refractivity contribution is 9.10. The summed E-state index contributed by atoms with van der Waals surface area (Å²) in [6.45, 7) is 0. The van der Waals surface area contributed by atoms with E-state index in [-0.39, 0.29) is 15.5 Å². The van der Waals surface area contributed by atoms with Gasteiger partial charge in [-0.2, -0.15) is 13.2 Å². The van der Waals surface area contributed by atoms with E-state index in [1.165, 1.54) is 0 Å². The predicted octanol–water partition coefficient (Wildman–Crippen LogP) is 4.70. The molecular formula is C8H4Br2F5N. The maximum Gasteiger partial charge on any atom is 0.417 e. The van der Waals surface area contributed by atoms with Crippen molar-refractivity contribution in [3.63, 3.8) is 0 Å². The first-order chi connectivity index (χ1) is 7.27. The molecule has 0 aliphatic heterocycles. The number of alkyl halides is 6. The van der Waals surface area contributed by atoms with Crippen LogP contribution >= 0.6 is 31.9 Å². The van der Waals surface area contributed by atoms with Gasteiger partial charge in [0.1, 0.15) is 5.69 Å². The Morgan fingerprint density at radius 1 is 1.31 bits per heavy atom. The molecule has 0 fully saturated rings. The zero-order valence-corrected chi connectivity index (χ0v) is 10.6. The Labute approximate surface area is 104 Å². The molecule has 0 atom stereocenters. The Morgan fingerprint density at radius 2 is 1.88 bits per heavy atom. The first-order valence-corrected chi connectivity index (χ1v) is 5.79. The SMILES string of the molecule is FC(F)c1cc(C(F)(F)F)c(Br)c(CBr)n1. The van der Waals surface area contributed by atoms with Crippen molar-refractivity contribution >= 4 is 31.9 Å². The minimum Gasteiger partial charge on any atom is -0.250 e. The molecule has 1 rings (SSSR count). The van der Waals surface area contributed by atoms with Crippen LogP contribution in [-0.2, 0) is 11.5 Å². The molecule has 0 N–H and O–H groups in total. The molecule has 0 spiro atoms. The second-order valence-electron chi connectivity index (χ2n) is 2.79. The minimum absolute atomic E-state index is 0.0444. The van der Waals surface area contributed by atoms with Crippen LogP contribution in [0.4, 0.5) is 22.0 Å². The van der Waals surface area contributed by atoms with E-state index in [4.69, 9.17) is 0 Å². The third-order valence-electron chi connectivity index (χ3n) is 1.70. The molecule has 0 aromatic carbocycles. The molecule has 0 saturated carbocycles. The van der Waals surface area contributed by atoms with Crippen LogP contribution in [0.1, 0.15) is 23.4 Å². The summed E-state index contributed by atoms with van der Waals surface area (Å²) in [5, 5.41) is -0.0444. The predicted molar refractivity (Wildman–Crippen MR) is 54.5 cm³/mol. The van der Waals surface area contributed by atoms with E-state index in [1.807, 2.05) is 0 Å². The lowest BCUT2D eigenvalue weighted by Crippen LogP contribution is -2.10. The fraction of sp³-hybridized carbons (Fsp3) is 0.375. The van der Waals surface area contributed by atoms with Crippen LogP contribution in [0.2, 0.25) is 0 Å². The van der Waals surface area contributed by atoms with Gasteiger partial charge >= 0.3 is 6.18 Å². The van der Waals surface area contributed by atoms with Crippen molar-refractivity contribution in [3.05, 3.63) is 27.5 Å². The third kappa shape index (κ3) is 2.91. The second kappa shape index (κ2) is 4.95. The number of pyridine rings is 1. The summed E-state index contributed by atoms with van der Waals surface area (Å²) >= 11 is 5.59. The average molecular weight is 369 g/mol. The number of hydrogen-bond donors (Lipinski definition) is 0. The van der Waals surface area contributed by atoms with Gasteiger partial charge in [-0.1, -0.05) is 15.9 Å². The number of halogens is 7. The van der Waals surface area contributed by atoms with Gasteiger partial charge in [-0.25, -0.2) is 13.8 Å². The first-order valence-electron chi connectivity index (χ1n) is 3.88. The molecule has 1 heterocycles. The molecule has 1 aromatic rings. The van der Waals surface area contributed by atoms with Crippen LogP contribution in [-0.4, -0.2) is 4.98 Å². The molecule has 16 heavy (non-hydrogen) atoms. The summed E-state index contributed by atoms with van der Waals surface area (Å²) in [7, 11) is 0. The minimum atomic E-state index is -4.69. The zero-order chi connectivity index (χ0) is 12.5. The summed E-state index contributed by atoms with van der Waals surface area (Å²) in [6.07, 6.45) is -7.73. The van der Waals surface area contributed by atoms with E-state index in [0.29, 0.717) is 6.07 Å². The number of aromatic nitrogens is 1. The number of rotatable bonds is 2. The maximum atomic E-state index is 12.5. The highest BCUT2D eigenvalue weighted by Crippen LogP contribution is 2.38. The van der Waals surface area contributed by atoms with Crippen molar-refractivity contribution in [2.45, 2.75) is 17.9 Å². The quantitative estimate of drug-likeness (QED) is 0.545. The van der Waals surface area contributed by atoms with E-state index in [2.05, 4.69) is 36.8 Å². The van der Waals surface area contributed by atoms with Gasteiger partial charge in [0, 0.05) is 5.33 Å². The lowest BCUT2D eigenvalue weighted by atomic mass is 10.2. The van der Waals surface area contributed by atoms with Gasteiger partial charge in [0.05, 0.1) is 15.7 Å². The van der Waals surface area contributed by atoms with Crippen molar-refractivity contribution < 1.29 is 22.0 Å². The molecule has 0 amide bonds. The van der Waals surface area contributed by atoms with E-state index < -0.39 is 23.9 Å². The van der Waals surface area contributed by atoms with Gasteiger partial charge in [0.2, 0.25) is 0 Å². The topological polar surface area (TPSA) is 12.9 Å². The van der Waals surface area contributed by atoms with E-state index in [9.17, 15) is 22.0 Å². The van der Waals surface area contributed by atoms with Gasteiger partial charge in [-0.3, -0.25) is 0 Å². The largest absolute Gasteiger partial charge is 0.417 e. The summed E-state index contributed by atoms with van der Waals surface area (Å²) in [6, 6.07) is 0.348. The highest BCUT2D eigenvalue weighted by Gasteiger charge is 2.35. The molecule has 0 bridgehead atoms. The van der Waals surface area contributed by atoms with Crippen LogP contribution in [0.5, 0.6) is 0 Å². The number of hydrogen-bond acceptors (Lipinski definition) is 1. The smallest absolute Gasteiger partial charge is 0.250 e. The Hall–Kier alpha value is -0.240. The zero-order valence-electron chi connectivity index (χ0n) is 7.45. The van der Waals surface area contributed by atoms with Crippen molar-refractivity contribution in [1.82, 2.24) is 4.98 Å². The molecule has 8 heteroatoms. The normalized spacial score (nSPS) is 12.2. The molecule has 0 unspecified atom stereocenters. The van der Waals surface area contributed by atoms with Gasteiger partial charge in [0.25, 0.3) is 6.43 Å². The van der Waals surface area contributed by atoms with Crippen LogP contribution < -0.4 is 0 Å². The Morgan fingerprint density at radius 3 is 2.25 bits per heavy atom. The van der Waals surface area contributed by atoms with Crippen molar-refractivity contribution in [3.8, 4) is 0 Å². The van der Waals surface area contributed by atoms with Gasteiger partial charge in [-0.15, -0.1) is 0 Å². The molecule has 90 valence electrons. The molecular weight excluding hydrogens is 365 g/mol. The first kappa shape index (κ1) is 13.8. The monoisotopic (exact) mass is 367 g/mol. The maximum absolute atomic E-state index is 12.5. The van der Waals surface area contributed by atoms with Crippen LogP contribution in [0.3, 0.4) is 0 Å². The van der Waals surface area contributed by atoms with Crippen LogP contribution in [0.25, 0.3) is 0 Å². The van der Waals surface area contributed by atoms with Gasteiger partial charge in [-0.05, 0) is 22.0 Å². The third-order valence-corrected chi connectivity index (χ3v) is 3.12. The van der Waals surface area contributed by atoms with E-state index >= 15 is 0 Å². The van der Waals surface area contributed by atoms with E-state index in [1.54, 1.807) is 0 Å².